The fourth-order valence-electron chi connectivity index (χ4n) is 1.58. The van der Waals surface area contributed by atoms with Gasteiger partial charge in [0.2, 0.25) is 0 Å². The number of rotatable bonds is 1. The summed E-state index contributed by atoms with van der Waals surface area (Å²) in [6, 6.07) is 5.34. The van der Waals surface area contributed by atoms with Crippen LogP contribution in [0.3, 0.4) is 0 Å². The van der Waals surface area contributed by atoms with E-state index in [4.69, 9.17) is 5.11 Å². The maximum Gasteiger partial charge on any atom is 0.336 e. The standard InChI is InChI=1S/C11H13NO2S/c1-11(2)6-12-8-5-3-4-7(10(13)14)9(8)15-11/h3-5,12H,6H2,1-2H3,(H,13,14). The van der Waals surface area contributed by atoms with E-state index >= 15 is 0 Å². The van der Waals surface area contributed by atoms with Gasteiger partial charge in [0.1, 0.15) is 0 Å². The summed E-state index contributed by atoms with van der Waals surface area (Å²) < 4.78 is 0.0402. The van der Waals surface area contributed by atoms with Gasteiger partial charge in [0.25, 0.3) is 0 Å². The van der Waals surface area contributed by atoms with Crippen LogP contribution >= 0.6 is 11.8 Å². The van der Waals surface area contributed by atoms with Gasteiger partial charge in [-0.25, -0.2) is 4.79 Å². The van der Waals surface area contributed by atoms with Crippen molar-refractivity contribution in [2.75, 3.05) is 11.9 Å². The lowest BCUT2D eigenvalue weighted by Crippen LogP contribution is -2.30. The monoisotopic (exact) mass is 223 g/mol. The Labute approximate surface area is 92.9 Å². The maximum atomic E-state index is 11.0. The number of thioether (sulfide) groups is 1. The van der Waals surface area contributed by atoms with E-state index in [-0.39, 0.29) is 4.75 Å². The van der Waals surface area contributed by atoms with Crippen LogP contribution in [-0.2, 0) is 0 Å². The van der Waals surface area contributed by atoms with Crippen molar-refractivity contribution in [3.8, 4) is 0 Å². The van der Waals surface area contributed by atoms with Gasteiger partial charge in [-0.3, -0.25) is 0 Å². The van der Waals surface area contributed by atoms with Crippen molar-refractivity contribution in [1.82, 2.24) is 0 Å². The summed E-state index contributed by atoms with van der Waals surface area (Å²) in [4.78, 5) is 11.9. The third kappa shape index (κ3) is 1.95. The third-order valence-electron chi connectivity index (χ3n) is 2.33. The number of nitrogens with one attached hydrogen (secondary N) is 1. The number of carboxylic acids is 1. The summed E-state index contributed by atoms with van der Waals surface area (Å²) in [6.45, 7) is 5.06. The van der Waals surface area contributed by atoms with Gasteiger partial charge < -0.3 is 10.4 Å². The number of aromatic carboxylic acids is 1. The van der Waals surface area contributed by atoms with Crippen molar-refractivity contribution >= 4 is 23.4 Å². The van der Waals surface area contributed by atoms with Crippen LogP contribution in [0.2, 0.25) is 0 Å². The molecule has 1 aromatic carbocycles. The van der Waals surface area contributed by atoms with E-state index in [9.17, 15) is 4.79 Å². The minimum Gasteiger partial charge on any atom is -0.478 e. The Balaban J connectivity index is 2.50. The number of anilines is 1. The first-order chi connectivity index (χ1) is 6.99. The van der Waals surface area contributed by atoms with Gasteiger partial charge in [0, 0.05) is 21.9 Å². The molecule has 0 atom stereocenters. The normalized spacial score (nSPS) is 17.7. The second-order valence-corrected chi connectivity index (χ2v) is 5.92. The third-order valence-corrected chi connectivity index (χ3v) is 3.67. The zero-order chi connectivity index (χ0) is 11.1. The lowest BCUT2D eigenvalue weighted by atomic mass is 10.1. The molecule has 80 valence electrons. The molecule has 3 nitrogen and oxygen atoms in total. The predicted octanol–water partition coefficient (Wildman–Crippen LogP) is 2.68. The van der Waals surface area contributed by atoms with Crippen LogP contribution in [0.1, 0.15) is 24.2 Å². The highest BCUT2D eigenvalue weighted by Gasteiger charge is 2.28. The van der Waals surface area contributed by atoms with Crippen molar-refractivity contribution in [1.29, 1.82) is 0 Å². The van der Waals surface area contributed by atoms with E-state index in [1.54, 1.807) is 23.9 Å². The van der Waals surface area contributed by atoms with Gasteiger partial charge >= 0.3 is 5.97 Å². The molecule has 2 rings (SSSR count). The molecule has 4 heteroatoms. The number of benzene rings is 1. The van der Waals surface area contributed by atoms with Gasteiger partial charge in [-0.05, 0) is 26.0 Å². The minimum atomic E-state index is -0.862. The molecule has 0 saturated heterocycles. The van der Waals surface area contributed by atoms with E-state index in [1.165, 1.54) is 0 Å². The van der Waals surface area contributed by atoms with Crippen LogP contribution in [0, 0.1) is 0 Å². The first-order valence-electron chi connectivity index (χ1n) is 4.79. The number of carboxylic acid groups (broad SMARTS) is 1. The molecule has 1 aliphatic rings. The first kappa shape index (κ1) is 10.4. The van der Waals surface area contributed by atoms with Crippen LogP contribution in [0.5, 0.6) is 0 Å². The molecule has 2 N–H and O–H groups in total. The summed E-state index contributed by atoms with van der Waals surface area (Å²) in [5.74, 6) is -0.862. The van der Waals surface area contributed by atoms with Gasteiger partial charge in [-0.2, -0.15) is 0 Å². The Hall–Kier alpha value is -1.16. The van der Waals surface area contributed by atoms with Gasteiger partial charge in [-0.15, -0.1) is 11.8 Å². The molecular weight excluding hydrogens is 210 g/mol. The highest BCUT2D eigenvalue weighted by atomic mass is 32.2. The smallest absolute Gasteiger partial charge is 0.336 e. The second kappa shape index (κ2) is 3.45. The summed E-state index contributed by atoms with van der Waals surface area (Å²) in [5.41, 5.74) is 1.32. The van der Waals surface area contributed by atoms with E-state index in [0.29, 0.717) is 5.56 Å². The molecule has 0 bridgehead atoms. The van der Waals surface area contributed by atoms with Crippen LogP contribution in [0.25, 0.3) is 0 Å². The summed E-state index contributed by atoms with van der Waals surface area (Å²) in [6.07, 6.45) is 0. The van der Waals surface area contributed by atoms with Crippen LogP contribution in [-0.4, -0.2) is 22.4 Å². The molecule has 0 unspecified atom stereocenters. The van der Waals surface area contributed by atoms with E-state index in [0.717, 1.165) is 17.1 Å². The fraction of sp³-hybridized carbons (Fsp3) is 0.364. The Morgan fingerprint density at radius 2 is 2.27 bits per heavy atom. The molecule has 1 aromatic rings. The molecule has 0 spiro atoms. The van der Waals surface area contributed by atoms with E-state index in [2.05, 4.69) is 19.2 Å². The van der Waals surface area contributed by atoms with Crippen molar-refractivity contribution in [3.63, 3.8) is 0 Å². The van der Waals surface area contributed by atoms with Crippen molar-refractivity contribution in [3.05, 3.63) is 23.8 Å². The Morgan fingerprint density at radius 1 is 1.53 bits per heavy atom. The van der Waals surface area contributed by atoms with Crippen molar-refractivity contribution in [2.24, 2.45) is 0 Å². The lowest BCUT2D eigenvalue weighted by Gasteiger charge is -2.32. The average Bonchev–Trinajstić information content (AvgIpc) is 2.15. The summed E-state index contributed by atoms with van der Waals surface area (Å²) >= 11 is 1.63. The summed E-state index contributed by atoms with van der Waals surface area (Å²) in [5, 5.41) is 12.3. The zero-order valence-electron chi connectivity index (χ0n) is 8.70. The highest BCUT2D eigenvalue weighted by Crippen LogP contribution is 2.43. The number of hydrogen-bond acceptors (Lipinski definition) is 3. The number of carbonyl (C=O) groups is 1. The van der Waals surface area contributed by atoms with E-state index < -0.39 is 5.97 Å². The fourth-order valence-corrected chi connectivity index (χ4v) is 2.79. The molecule has 0 aliphatic carbocycles. The minimum absolute atomic E-state index is 0.0402. The maximum absolute atomic E-state index is 11.0. The molecule has 0 fully saturated rings. The molecule has 15 heavy (non-hydrogen) atoms. The second-order valence-electron chi connectivity index (χ2n) is 4.20. The predicted molar refractivity (Wildman–Crippen MR) is 61.8 cm³/mol. The molecule has 1 heterocycles. The summed E-state index contributed by atoms with van der Waals surface area (Å²) in [7, 11) is 0. The van der Waals surface area contributed by atoms with Crippen molar-refractivity contribution in [2.45, 2.75) is 23.5 Å². The topological polar surface area (TPSA) is 49.3 Å². The average molecular weight is 223 g/mol. The molecule has 0 radical (unpaired) electrons. The quantitative estimate of drug-likeness (QED) is 0.768. The molecular formula is C11H13NO2S. The number of fused-ring (bicyclic) bond motifs is 1. The van der Waals surface area contributed by atoms with E-state index in [1.807, 2.05) is 6.07 Å². The van der Waals surface area contributed by atoms with Crippen LogP contribution < -0.4 is 5.32 Å². The first-order valence-corrected chi connectivity index (χ1v) is 5.60. The molecule has 1 aliphatic heterocycles. The largest absolute Gasteiger partial charge is 0.478 e. The highest BCUT2D eigenvalue weighted by molar-refractivity contribution is 8.01. The Kier molecular flexibility index (Phi) is 2.38. The van der Waals surface area contributed by atoms with Gasteiger partial charge in [0.05, 0.1) is 5.56 Å². The van der Waals surface area contributed by atoms with Gasteiger partial charge in [-0.1, -0.05) is 6.07 Å². The lowest BCUT2D eigenvalue weighted by molar-refractivity contribution is 0.0693. The SMILES string of the molecule is CC1(C)CNc2cccc(C(=O)O)c2S1. The molecule has 0 aromatic heterocycles. The van der Waals surface area contributed by atoms with Crippen LogP contribution in [0.4, 0.5) is 5.69 Å². The number of hydrogen-bond donors (Lipinski definition) is 2. The molecule has 0 saturated carbocycles. The van der Waals surface area contributed by atoms with Crippen molar-refractivity contribution < 1.29 is 9.90 Å². The zero-order valence-corrected chi connectivity index (χ0v) is 9.52. The molecule has 0 amide bonds. The van der Waals surface area contributed by atoms with Crippen LogP contribution in [0.15, 0.2) is 23.1 Å². The van der Waals surface area contributed by atoms with Gasteiger partial charge in [0.15, 0.2) is 0 Å². The Bertz CT molecular complexity index is 415. The Morgan fingerprint density at radius 3 is 2.93 bits per heavy atom.